The molecule has 0 saturated heterocycles. The van der Waals surface area contributed by atoms with Gasteiger partial charge in [0, 0.05) is 24.0 Å². The summed E-state index contributed by atoms with van der Waals surface area (Å²) >= 11 is 0. The van der Waals surface area contributed by atoms with Gasteiger partial charge in [-0.2, -0.15) is 0 Å². The molecule has 0 bridgehead atoms. The molecule has 0 fully saturated rings. The lowest BCUT2D eigenvalue weighted by Crippen LogP contribution is -2.35. The number of tetrazole rings is 1. The summed E-state index contributed by atoms with van der Waals surface area (Å²) in [7, 11) is 0. The standard InChI is InChI=1S/C33H32N6O2/c1-23-15-16-24(2)30-28(23)20-29(33(40)34-30)31(32-35-36-37-39(32)18-17-25-10-5-3-6-11-25)38(22-27-14-9-19-41-27)21-26-12-7-4-8-13-26/h3-16,19-20,31H,17-18,21-22H2,1-2H3,(H,34,40). The van der Waals surface area contributed by atoms with E-state index >= 15 is 0 Å². The maximum atomic E-state index is 13.9. The van der Waals surface area contributed by atoms with Crippen LogP contribution in [0.4, 0.5) is 0 Å². The highest BCUT2D eigenvalue weighted by molar-refractivity contribution is 5.85. The number of aromatic amines is 1. The second-order valence-electron chi connectivity index (χ2n) is 10.4. The highest BCUT2D eigenvalue weighted by atomic mass is 16.3. The van der Waals surface area contributed by atoms with E-state index in [4.69, 9.17) is 4.42 Å². The Balaban J connectivity index is 1.50. The number of rotatable bonds is 10. The fourth-order valence-corrected chi connectivity index (χ4v) is 5.40. The number of aromatic nitrogens is 5. The minimum atomic E-state index is -0.542. The molecule has 3 aromatic heterocycles. The number of pyridine rings is 1. The topological polar surface area (TPSA) is 92.8 Å². The van der Waals surface area contributed by atoms with Gasteiger partial charge in [-0.3, -0.25) is 9.69 Å². The Morgan fingerprint density at radius 1 is 0.878 bits per heavy atom. The molecule has 3 aromatic carbocycles. The molecular weight excluding hydrogens is 512 g/mol. The monoisotopic (exact) mass is 544 g/mol. The maximum absolute atomic E-state index is 13.9. The van der Waals surface area contributed by atoms with Crippen LogP contribution in [0.3, 0.4) is 0 Å². The van der Waals surface area contributed by atoms with E-state index in [0.29, 0.717) is 31.0 Å². The molecule has 0 amide bonds. The van der Waals surface area contributed by atoms with Gasteiger partial charge in [-0.1, -0.05) is 72.8 Å². The summed E-state index contributed by atoms with van der Waals surface area (Å²) in [6.45, 7) is 5.67. The van der Waals surface area contributed by atoms with Gasteiger partial charge in [0.15, 0.2) is 5.82 Å². The fraction of sp³-hybridized carbons (Fsp3) is 0.212. The van der Waals surface area contributed by atoms with Crippen LogP contribution in [0.2, 0.25) is 0 Å². The lowest BCUT2D eigenvalue weighted by molar-refractivity contribution is 0.178. The van der Waals surface area contributed by atoms with Crippen LogP contribution in [0.5, 0.6) is 0 Å². The molecule has 1 atom stereocenters. The van der Waals surface area contributed by atoms with Crippen molar-refractivity contribution in [2.75, 3.05) is 0 Å². The van der Waals surface area contributed by atoms with Crippen molar-refractivity contribution in [2.24, 2.45) is 0 Å². The van der Waals surface area contributed by atoms with E-state index in [1.54, 1.807) is 6.26 Å². The summed E-state index contributed by atoms with van der Waals surface area (Å²) in [4.78, 5) is 19.3. The Bertz CT molecular complexity index is 1790. The second-order valence-corrected chi connectivity index (χ2v) is 10.4. The van der Waals surface area contributed by atoms with Crippen LogP contribution < -0.4 is 5.56 Å². The van der Waals surface area contributed by atoms with Gasteiger partial charge < -0.3 is 9.40 Å². The molecule has 6 rings (SSSR count). The molecule has 0 aliphatic rings. The molecule has 0 aliphatic carbocycles. The van der Waals surface area contributed by atoms with Crippen molar-refractivity contribution in [1.29, 1.82) is 0 Å². The predicted octanol–water partition coefficient (Wildman–Crippen LogP) is 5.76. The van der Waals surface area contributed by atoms with Gasteiger partial charge in [-0.05, 0) is 71.1 Å². The first-order chi connectivity index (χ1) is 20.1. The van der Waals surface area contributed by atoms with Crippen LogP contribution in [0.15, 0.2) is 106 Å². The Morgan fingerprint density at radius 3 is 2.34 bits per heavy atom. The minimum Gasteiger partial charge on any atom is -0.468 e. The van der Waals surface area contributed by atoms with Gasteiger partial charge in [-0.15, -0.1) is 5.10 Å². The van der Waals surface area contributed by atoms with Gasteiger partial charge in [0.25, 0.3) is 5.56 Å². The van der Waals surface area contributed by atoms with E-state index in [2.05, 4.69) is 62.7 Å². The zero-order valence-corrected chi connectivity index (χ0v) is 23.2. The molecule has 8 heteroatoms. The molecule has 0 spiro atoms. The molecule has 1 N–H and O–H groups in total. The van der Waals surface area contributed by atoms with Gasteiger partial charge in [0.05, 0.1) is 18.3 Å². The van der Waals surface area contributed by atoms with Crippen molar-refractivity contribution < 1.29 is 4.42 Å². The van der Waals surface area contributed by atoms with E-state index in [0.717, 1.165) is 39.8 Å². The molecule has 1 unspecified atom stereocenters. The van der Waals surface area contributed by atoms with Crippen molar-refractivity contribution in [3.05, 3.63) is 147 Å². The van der Waals surface area contributed by atoms with Crippen LogP contribution in [0.25, 0.3) is 10.9 Å². The molecule has 8 nitrogen and oxygen atoms in total. The maximum Gasteiger partial charge on any atom is 0.253 e. The Kier molecular flexibility index (Phi) is 7.56. The molecule has 3 heterocycles. The quantitative estimate of drug-likeness (QED) is 0.236. The van der Waals surface area contributed by atoms with Crippen LogP contribution in [0.1, 0.15) is 45.4 Å². The SMILES string of the molecule is Cc1ccc(C)c2[nH]c(=O)c(C(c3nnnn3CCc3ccccc3)N(Cc3ccccc3)Cc3ccco3)cc12. The first-order valence-electron chi connectivity index (χ1n) is 13.8. The summed E-state index contributed by atoms with van der Waals surface area (Å²) in [5, 5.41) is 14.0. The molecule has 0 aliphatic heterocycles. The van der Waals surface area contributed by atoms with Crippen molar-refractivity contribution in [3.8, 4) is 0 Å². The minimum absolute atomic E-state index is 0.161. The summed E-state index contributed by atoms with van der Waals surface area (Å²) in [6, 6.07) is 29.9. The van der Waals surface area contributed by atoms with Crippen LogP contribution in [-0.2, 0) is 26.1 Å². The Morgan fingerprint density at radius 2 is 1.61 bits per heavy atom. The van der Waals surface area contributed by atoms with E-state index in [9.17, 15) is 4.79 Å². The number of furan rings is 1. The zero-order chi connectivity index (χ0) is 28.2. The van der Waals surface area contributed by atoms with Crippen LogP contribution >= 0.6 is 0 Å². The number of benzene rings is 3. The summed E-state index contributed by atoms with van der Waals surface area (Å²) in [5.74, 6) is 1.40. The molecule has 41 heavy (non-hydrogen) atoms. The molecule has 6 aromatic rings. The highest BCUT2D eigenvalue weighted by Crippen LogP contribution is 2.31. The van der Waals surface area contributed by atoms with Gasteiger partial charge in [0.2, 0.25) is 0 Å². The highest BCUT2D eigenvalue weighted by Gasteiger charge is 2.31. The van der Waals surface area contributed by atoms with Gasteiger partial charge in [-0.25, -0.2) is 4.68 Å². The second kappa shape index (κ2) is 11.7. The summed E-state index contributed by atoms with van der Waals surface area (Å²) < 4.78 is 7.61. The zero-order valence-electron chi connectivity index (χ0n) is 23.2. The largest absolute Gasteiger partial charge is 0.468 e. The number of hydrogen-bond donors (Lipinski definition) is 1. The van der Waals surface area contributed by atoms with E-state index in [1.165, 1.54) is 5.56 Å². The molecular formula is C33H32N6O2. The third-order valence-corrected chi connectivity index (χ3v) is 7.56. The normalized spacial score (nSPS) is 12.3. The van der Waals surface area contributed by atoms with Crippen molar-refractivity contribution >= 4 is 10.9 Å². The van der Waals surface area contributed by atoms with Crippen LogP contribution in [-0.4, -0.2) is 30.1 Å². The van der Waals surface area contributed by atoms with E-state index < -0.39 is 6.04 Å². The molecule has 0 radical (unpaired) electrons. The Hall–Kier alpha value is -4.82. The first kappa shape index (κ1) is 26.4. The average molecular weight is 545 g/mol. The molecule has 0 saturated carbocycles. The van der Waals surface area contributed by atoms with Crippen molar-refractivity contribution in [3.63, 3.8) is 0 Å². The van der Waals surface area contributed by atoms with Gasteiger partial charge >= 0.3 is 0 Å². The van der Waals surface area contributed by atoms with E-state index in [1.807, 2.05) is 72.3 Å². The number of aryl methyl sites for hydroxylation is 4. The van der Waals surface area contributed by atoms with Crippen LogP contribution in [0, 0.1) is 13.8 Å². The molecule has 206 valence electrons. The first-order valence-corrected chi connectivity index (χ1v) is 13.8. The number of hydrogen-bond acceptors (Lipinski definition) is 6. The number of nitrogens with zero attached hydrogens (tertiary/aromatic N) is 5. The van der Waals surface area contributed by atoms with Crippen molar-refractivity contribution in [1.82, 2.24) is 30.1 Å². The fourth-order valence-electron chi connectivity index (χ4n) is 5.40. The number of fused-ring (bicyclic) bond motifs is 1. The lowest BCUT2D eigenvalue weighted by Gasteiger charge is -2.30. The number of nitrogens with one attached hydrogen (secondary N) is 1. The smallest absolute Gasteiger partial charge is 0.253 e. The third-order valence-electron chi connectivity index (χ3n) is 7.56. The number of H-pyrrole nitrogens is 1. The Labute approximate surface area is 238 Å². The third kappa shape index (κ3) is 5.73. The summed E-state index contributed by atoms with van der Waals surface area (Å²) in [5.41, 5.74) is 5.69. The van der Waals surface area contributed by atoms with Gasteiger partial charge in [0.1, 0.15) is 11.8 Å². The van der Waals surface area contributed by atoms with Crippen molar-refractivity contribution in [2.45, 2.75) is 45.9 Å². The summed E-state index contributed by atoms with van der Waals surface area (Å²) in [6.07, 6.45) is 2.43. The average Bonchev–Trinajstić information content (AvgIpc) is 3.68. The van der Waals surface area contributed by atoms with E-state index in [-0.39, 0.29) is 5.56 Å². The predicted molar refractivity (Wildman–Crippen MR) is 158 cm³/mol. The lowest BCUT2D eigenvalue weighted by atomic mass is 9.99.